The van der Waals surface area contributed by atoms with Gasteiger partial charge in [0.1, 0.15) is 17.5 Å². The Hall–Kier alpha value is -3.42. The van der Waals surface area contributed by atoms with Gasteiger partial charge >= 0.3 is 0 Å². The number of nitrogens with zero attached hydrogens (tertiary/aromatic N) is 2. The standard InChI is InChI=1S/C25H26N4O3/c1-2-32-18-11-9-17(10-12-18)24-21-22(19-7-3-4-8-20(19)30)27-28-23(21)25(31)29(24)15-16-6-5-13-26-14-16/h3-14,21-24,27-28,30H,2,15H2,1H3. The number of fused-ring (bicyclic) bond motifs is 1. The Morgan fingerprint density at radius 3 is 2.53 bits per heavy atom. The van der Waals surface area contributed by atoms with Crippen molar-refractivity contribution in [3.63, 3.8) is 0 Å². The summed E-state index contributed by atoms with van der Waals surface area (Å²) in [5.41, 5.74) is 9.25. The third-order valence-electron chi connectivity index (χ3n) is 6.29. The van der Waals surface area contributed by atoms with Crippen molar-refractivity contribution < 1.29 is 14.6 Å². The van der Waals surface area contributed by atoms with Gasteiger partial charge in [-0.15, -0.1) is 0 Å². The van der Waals surface area contributed by atoms with Crippen LogP contribution >= 0.6 is 0 Å². The van der Waals surface area contributed by atoms with Crippen LogP contribution in [-0.4, -0.2) is 33.5 Å². The summed E-state index contributed by atoms with van der Waals surface area (Å²) >= 11 is 0. The number of phenolic OH excluding ortho intramolecular Hbond substituents is 1. The van der Waals surface area contributed by atoms with Crippen LogP contribution in [0.15, 0.2) is 73.1 Å². The minimum Gasteiger partial charge on any atom is -0.508 e. The second kappa shape index (κ2) is 8.61. The SMILES string of the molecule is CCOc1ccc(C2C3C(NNC3c3ccccc3O)C(=O)N2Cc2cccnc2)cc1. The van der Waals surface area contributed by atoms with Crippen LogP contribution in [0.25, 0.3) is 0 Å². The number of carbonyl (C=O) groups is 1. The van der Waals surface area contributed by atoms with E-state index in [1.165, 1.54) is 0 Å². The van der Waals surface area contributed by atoms with E-state index in [0.29, 0.717) is 13.2 Å². The van der Waals surface area contributed by atoms with Crippen molar-refractivity contribution in [2.24, 2.45) is 5.92 Å². The van der Waals surface area contributed by atoms with Gasteiger partial charge in [0, 0.05) is 30.4 Å². The summed E-state index contributed by atoms with van der Waals surface area (Å²) in [4.78, 5) is 19.7. The molecule has 2 aliphatic heterocycles. The maximum absolute atomic E-state index is 13.5. The van der Waals surface area contributed by atoms with Gasteiger partial charge in [0.2, 0.25) is 5.91 Å². The Kier molecular flexibility index (Phi) is 5.51. The molecule has 4 atom stereocenters. The van der Waals surface area contributed by atoms with E-state index in [4.69, 9.17) is 4.74 Å². The van der Waals surface area contributed by atoms with E-state index < -0.39 is 6.04 Å². The summed E-state index contributed by atoms with van der Waals surface area (Å²) in [7, 11) is 0. The molecule has 5 rings (SSSR count). The van der Waals surface area contributed by atoms with Crippen LogP contribution in [0.5, 0.6) is 11.5 Å². The Bertz CT molecular complexity index is 1090. The number of hydrogen-bond acceptors (Lipinski definition) is 6. The van der Waals surface area contributed by atoms with Crippen LogP contribution in [0, 0.1) is 5.92 Å². The lowest BCUT2D eigenvalue weighted by atomic mass is 9.83. The lowest BCUT2D eigenvalue weighted by Crippen LogP contribution is -2.41. The number of amides is 1. The summed E-state index contributed by atoms with van der Waals surface area (Å²) < 4.78 is 5.61. The fourth-order valence-electron chi connectivity index (χ4n) is 4.91. The summed E-state index contributed by atoms with van der Waals surface area (Å²) in [6, 6.07) is 18.3. The van der Waals surface area contributed by atoms with Crippen LogP contribution in [-0.2, 0) is 11.3 Å². The zero-order chi connectivity index (χ0) is 22.1. The fraction of sp³-hybridized carbons (Fsp3) is 0.280. The highest BCUT2D eigenvalue weighted by atomic mass is 16.5. The Morgan fingerprint density at radius 1 is 1.03 bits per heavy atom. The van der Waals surface area contributed by atoms with Gasteiger partial charge in [-0.2, -0.15) is 0 Å². The molecule has 7 nitrogen and oxygen atoms in total. The highest BCUT2D eigenvalue weighted by Crippen LogP contribution is 2.49. The highest BCUT2D eigenvalue weighted by Gasteiger charge is 2.55. The molecule has 7 heteroatoms. The quantitative estimate of drug-likeness (QED) is 0.557. The van der Waals surface area contributed by atoms with Gasteiger partial charge < -0.3 is 14.7 Å². The molecule has 0 aliphatic carbocycles. The van der Waals surface area contributed by atoms with Crippen LogP contribution in [0.4, 0.5) is 0 Å². The molecule has 3 heterocycles. The number of aromatic hydroxyl groups is 1. The number of pyridine rings is 1. The number of carbonyl (C=O) groups excluding carboxylic acids is 1. The van der Waals surface area contributed by atoms with Crippen molar-refractivity contribution in [2.75, 3.05) is 6.61 Å². The smallest absolute Gasteiger partial charge is 0.242 e. The number of phenols is 1. The van der Waals surface area contributed by atoms with Gasteiger partial charge in [0.25, 0.3) is 0 Å². The normalized spacial score (nSPS) is 24.5. The number of ether oxygens (including phenoxy) is 1. The summed E-state index contributed by atoms with van der Waals surface area (Å²) in [6.45, 7) is 3.02. The number of likely N-dealkylation sites (tertiary alicyclic amines) is 1. The first kappa shape index (κ1) is 20.5. The molecule has 2 aromatic carbocycles. The van der Waals surface area contributed by atoms with E-state index in [0.717, 1.165) is 22.4 Å². The number of nitrogens with one attached hydrogen (secondary N) is 2. The molecule has 2 aliphatic rings. The third-order valence-corrected chi connectivity index (χ3v) is 6.29. The van der Waals surface area contributed by atoms with Crippen molar-refractivity contribution in [1.82, 2.24) is 20.7 Å². The number of rotatable bonds is 6. The molecule has 1 amide bonds. The second-order valence-corrected chi connectivity index (χ2v) is 8.15. The predicted molar refractivity (Wildman–Crippen MR) is 120 cm³/mol. The van der Waals surface area contributed by atoms with Gasteiger partial charge in [-0.05, 0) is 42.3 Å². The van der Waals surface area contributed by atoms with Gasteiger partial charge in [0.15, 0.2) is 0 Å². The van der Waals surface area contributed by atoms with Crippen LogP contribution in [0.2, 0.25) is 0 Å². The first-order valence-corrected chi connectivity index (χ1v) is 10.9. The number of hydrazine groups is 1. The van der Waals surface area contributed by atoms with Crippen LogP contribution in [0.1, 0.15) is 35.7 Å². The summed E-state index contributed by atoms with van der Waals surface area (Å²) in [5.74, 6) is 0.945. The topological polar surface area (TPSA) is 86.7 Å². The van der Waals surface area contributed by atoms with Crippen molar-refractivity contribution in [3.8, 4) is 11.5 Å². The average Bonchev–Trinajstić information content (AvgIpc) is 3.35. The molecule has 1 aromatic heterocycles. The predicted octanol–water partition coefficient (Wildman–Crippen LogP) is 3.10. The van der Waals surface area contributed by atoms with Gasteiger partial charge in [-0.1, -0.05) is 36.4 Å². The molecule has 0 spiro atoms. The lowest BCUT2D eigenvalue weighted by Gasteiger charge is -2.31. The first-order chi connectivity index (χ1) is 15.7. The average molecular weight is 431 g/mol. The van der Waals surface area contributed by atoms with Gasteiger partial charge in [-0.3, -0.25) is 9.78 Å². The summed E-state index contributed by atoms with van der Waals surface area (Å²) in [6.07, 6.45) is 3.52. The Labute approximate surface area is 187 Å². The molecule has 3 N–H and O–H groups in total. The molecule has 0 saturated carbocycles. The number of benzene rings is 2. The Morgan fingerprint density at radius 2 is 1.81 bits per heavy atom. The van der Waals surface area contributed by atoms with Gasteiger partial charge in [-0.25, -0.2) is 10.9 Å². The van der Waals surface area contributed by atoms with E-state index in [-0.39, 0.29) is 29.7 Å². The van der Waals surface area contributed by atoms with Crippen molar-refractivity contribution in [1.29, 1.82) is 0 Å². The monoisotopic (exact) mass is 430 g/mol. The molecule has 2 fully saturated rings. The van der Waals surface area contributed by atoms with Crippen molar-refractivity contribution in [3.05, 3.63) is 89.7 Å². The molecular weight excluding hydrogens is 404 g/mol. The van der Waals surface area contributed by atoms with Crippen molar-refractivity contribution in [2.45, 2.75) is 31.6 Å². The maximum atomic E-state index is 13.5. The largest absolute Gasteiger partial charge is 0.508 e. The maximum Gasteiger partial charge on any atom is 0.242 e. The first-order valence-electron chi connectivity index (χ1n) is 10.9. The van der Waals surface area contributed by atoms with E-state index >= 15 is 0 Å². The van der Waals surface area contributed by atoms with E-state index in [9.17, 15) is 9.90 Å². The van der Waals surface area contributed by atoms with Crippen LogP contribution < -0.4 is 15.6 Å². The second-order valence-electron chi connectivity index (χ2n) is 8.15. The van der Waals surface area contributed by atoms with E-state index in [1.54, 1.807) is 24.5 Å². The lowest BCUT2D eigenvalue weighted by molar-refractivity contribution is -0.131. The van der Waals surface area contributed by atoms with Crippen LogP contribution in [0.3, 0.4) is 0 Å². The molecule has 3 aromatic rings. The zero-order valence-corrected chi connectivity index (χ0v) is 17.8. The molecule has 164 valence electrons. The fourth-order valence-corrected chi connectivity index (χ4v) is 4.91. The van der Waals surface area contributed by atoms with E-state index in [1.807, 2.05) is 60.4 Å². The minimum atomic E-state index is -0.396. The minimum absolute atomic E-state index is 0.0307. The molecule has 0 radical (unpaired) electrons. The molecule has 0 bridgehead atoms. The van der Waals surface area contributed by atoms with Gasteiger partial charge in [0.05, 0.1) is 18.7 Å². The number of aromatic nitrogens is 1. The molecule has 32 heavy (non-hydrogen) atoms. The van der Waals surface area contributed by atoms with Crippen molar-refractivity contribution >= 4 is 5.91 Å². The Balaban J connectivity index is 1.55. The third kappa shape index (κ3) is 3.59. The molecular formula is C25H26N4O3. The molecule has 2 saturated heterocycles. The van der Waals surface area contributed by atoms with E-state index in [2.05, 4.69) is 15.8 Å². The number of para-hydroxylation sites is 1. The summed E-state index contributed by atoms with van der Waals surface area (Å²) in [5, 5.41) is 10.5. The number of hydrogen-bond donors (Lipinski definition) is 3. The highest BCUT2D eigenvalue weighted by molar-refractivity contribution is 5.86. The molecule has 4 unspecified atom stereocenters. The zero-order valence-electron chi connectivity index (χ0n) is 17.8.